The van der Waals surface area contributed by atoms with Gasteiger partial charge in [-0.25, -0.2) is 0 Å². The highest BCUT2D eigenvalue weighted by Crippen LogP contribution is 2.47. The van der Waals surface area contributed by atoms with Crippen LogP contribution in [0.25, 0.3) is 142 Å². The molecule has 0 nitrogen and oxygen atoms in total. The molecule has 0 aliphatic carbocycles. The molecule has 0 fully saturated rings. The van der Waals surface area contributed by atoms with Crippen molar-refractivity contribution in [2.75, 3.05) is 0 Å². The maximum atomic E-state index is 2.45. The van der Waals surface area contributed by atoms with E-state index < -0.39 is 0 Å². The summed E-state index contributed by atoms with van der Waals surface area (Å²) in [6, 6.07) is 94.9. The zero-order valence-electron chi connectivity index (χ0n) is 37.2. The second-order valence-corrected chi connectivity index (χ2v) is 18.4. The molecule has 0 radical (unpaired) electrons. The normalized spacial score (nSPS) is 11.8. The predicted octanol–water partition coefficient (Wildman–Crippen LogP) is 19.2. The van der Waals surface area contributed by atoms with Gasteiger partial charge in [0.25, 0.3) is 0 Å². The lowest BCUT2D eigenvalue weighted by molar-refractivity contribution is 1.63. The van der Waals surface area contributed by atoms with Crippen molar-refractivity contribution in [3.8, 4) is 66.8 Å². The molecule has 0 aliphatic rings. The van der Waals surface area contributed by atoms with Crippen LogP contribution in [-0.4, -0.2) is 0 Å². The molecule has 0 unspecified atom stereocenters. The lowest BCUT2D eigenvalue weighted by Crippen LogP contribution is -1.92. The summed E-state index contributed by atoms with van der Waals surface area (Å²) in [4.78, 5) is 0. The van der Waals surface area contributed by atoms with E-state index in [1.807, 2.05) is 0 Å². The first kappa shape index (κ1) is 38.4. The molecular formula is C68H42. The van der Waals surface area contributed by atoms with Crippen LogP contribution in [0.15, 0.2) is 255 Å². The van der Waals surface area contributed by atoms with E-state index >= 15 is 0 Å². The summed E-state index contributed by atoms with van der Waals surface area (Å²) in [6.45, 7) is 0. The predicted molar refractivity (Wildman–Crippen MR) is 293 cm³/mol. The van der Waals surface area contributed by atoms with Gasteiger partial charge < -0.3 is 0 Å². The Hall–Kier alpha value is -8.84. The Labute approximate surface area is 395 Å². The Morgan fingerprint density at radius 2 is 0.544 bits per heavy atom. The average molecular weight is 859 g/mol. The van der Waals surface area contributed by atoms with Gasteiger partial charge in [0, 0.05) is 0 Å². The second-order valence-electron chi connectivity index (χ2n) is 18.4. The summed E-state index contributed by atoms with van der Waals surface area (Å²) in [5, 5.41) is 17.6. The van der Waals surface area contributed by atoms with Crippen molar-refractivity contribution >= 4 is 75.4 Å². The first-order valence-corrected chi connectivity index (χ1v) is 23.6. The van der Waals surface area contributed by atoms with Crippen molar-refractivity contribution in [1.82, 2.24) is 0 Å². The molecule has 0 saturated carbocycles. The van der Waals surface area contributed by atoms with Crippen molar-refractivity contribution in [3.05, 3.63) is 255 Å². The topological polar surface area (TPSA) is 0 Å². The van der Waals surface area contributed by atoms with Crippen LogP contribution in [0, 0.1) is 0 Å². The van der Waals surface area contributed by atoms with E-state index in [0.29, 0.717) is 0 Å². The number of hydrogen-bond donors (Lipinski definition) is 0. The Morgan fingerprint density at radius 1 is 0.147 bits per heavy atom. The van der Waals surface area contributed by atoms with Gasteiger partial charge in [-0.05, 0) is 179 Å². The molecule has 0 spiro atoms. The Balaban J connectivity index is 0.988. The first-order chi connectivity index (χ1) is 33.7. The molecule has 0 bridgehead atoms. The van der Waals surface area contributed by atoms with Crippen LogP contribution in [0.5, 0.6) is 0 Å². The van der Waals surface area contributed by atoms with Gasteiger partial charge in [0.2, 0.25) is 0 Å². The van der Waals surface area contributed by atoms with Gasteiger partial charge in [-0.1, -0.05) is 218 Å². The SMILES string of the molecule is c1ccc(-c2ccc3cc(-c4ccc5ccc6c(-c7cc(-c8cccc9ccccc89)c8cc(-c9ccccc9)ccc8c7)ccc7ccc4c5c76)cc(-c4cccc5ccccc45)c3c2)cc1. The maximum Gasteiger partial charge on any atom is -0.00203 e. The van der Waals surface area contributed by atoms with Gasteiger partial charge in [0.05, 0.1) is 0 Å². The lowest BCUT2D eigenvalue weighted by Gasteiger charge is -2.19. The summed E-state index contributed by atoms with van der Waals surface area (Å²) < 4.78 is 0. The van der Waals surface area contributed by atoms with Crippen LogP contribution in [-0.2, 0) is 0 Å². The van der Waals surface area contributed by atoms with Crippen LogP contribution in [0.2, 0.25) is 0 Å². The van der Waals surface area contributed by atoms with Gasteiger partial charge in [0.1, 0.15) is 0 Å². The van der Waals surface area contributed by atoms with Gasteiger partial charge in [-0.2, -0.15) is 0 Å². The molecular weight excluding hydrogens is 817 g/mol. The van der Waals surface area contributed by atoms with E-state index in [4.69, 9.17) is 0 Å². The minimum Gasteiger partial charge on any atom is -0.0622 e. The maximum absolute atomic E-state index is 2.45. The third kappa shape index (κ3) is 6.15. The molecule has 0 saturated heterocycles. The highest BCUT2D eigenvalue weighted by atomic mass is 14.2. The summed E-state index contributed by atoms with van der Waals surface area (Å²) in [5.41, 5.74) is 14.8. The highest BCUT2D eigenvalue weighted by Gasteiger charge is 2.19. The zero-order chi connectivity index (χ0) is 44.7. The molecule has 0 heteroatoms. The molecule has 0 heterocycles. The molecule has 0 atom stereocenters. The Bertz CT molecular complexity index is 4000. The van der Waals surface area contributed by atoms with Crippen LogP contribution in [0.4, 0.5) is 0 Å². The van der Waals surface area contributed by atoms with E-state index in [1.54, 1.807) is 0 Å². The lowest BCUT2D eigenvalue weighted by atomic mass is 9.84. The Morgan fingerprint density at radius 3 is 1.01 bits per heavy atom. The van der Waals surface area contributed by atoms with Gasteiger partial charge in [-0.3, -0.25) is 0 Å². The second kappa shape index (κ2) is 15.4. The summed E-state index contributed by atoms with van der Waals surface area (Å²) in [6.07, 6.45) is 0. The number of hydrogen-bond acceptors (Lipinski definition) is 0. The van der Waals surface area contributed by atoms with Crippen molar-refractivity contribution < 1.29 is 0 Å². The fourth-order valence-corrected chi connectivity index (χ4v) is 11.3. The van der Waals surface area contributed by atoms with E-state index in [0.717, 1.165) is 0 Å². The average Bonchev–Trinajstić information content (AvgIpc) is 3.41. The van der Waals surface area contributed by atoms with Crippen molar-refractivity contribution in [2.45, 2.75) is 0 Å². The molecule has 0 amide bonds. The molecule has 0 aliphatic heterocycles. The van der Waals surface area contributed by atoms with Crippen LogP contribution < -0.4 is 0 Å². The van der Waals surface area contributed by atoms with E-state index in [1.165, 1.54) is 142 Å². The molecule has 14 aromatic rings. The third-order valence-corrected chi connectivity index (χ3v) is 14.6. The number of fused-ring (bicyclic) bond motifs is 4. The number of rotatable bonds is 6. The minimum absolute atomic E-state index is 1.22. The summed E-state index contributed by atoms with van der Waals surface area (Å²) >= 11 is 0. The van der Waals surface area contributed by atoms with Crippen LogP contribution in [0.1, 0.15) is 0 Å². The molecule has 14 rings (SSSR count). The largest absolute Gasteiger partial charge is 0.0622 e. The molecule has 14 aromatic carbocycles. The molecule has 68 heavy (non-hydrogen) atoms. The van der Waals surface area contributed by atoms with Crippen LogP contribution in [0.3, 0.4) is 0 Å². The third-order valence-electron chi connectivity index (χ3n) is 14.6. The monoisotopic (exact) mass is 858 g/mol. The van der Waals surface area contributed by atoms with E-state index in [-0.39, 0.29) is 0 Å². The molecule has 0 aromatic heterocycles. The van der Waals surface area contributed by atoms with E-state index in [9.17, 15) is 0 Å². The first-order valence-electron chi connectivity index (χ1n) is 23.6. The minimum atomic E-state index is 1.22. The zero-order valence-corrected chi connectivity index (χ0v) is 37.2. The van der Waals surface area contributed by atoms with Gasteiger partial charge in [0.15, 0.2) is 0 Å². The quantitative estimate of drug-likeness (QED) is 0.146. The molecule has 314 valence electrons. The van der Waals surface area contributed by atoms with Crippen molar-refractivity contribution in [1.29, 1.82) is 0 Å². The highest BCUT2D eigenvalue weighted by molar-refractivity contribution is 6.28. The smallest absolute Gasteiger partial charge is 0.00203 e. The van der Waals surface area contributed by atoms with Gasteiger partial charge in [-0.15, -0.1) is 0 Å². The standard InChI is InChI=1S/C68H42/c1-3-13-43(14-4-1)49-25-27-51-37-53(41-65(63(51)39-49)59-23-11-19-45-17-7-9-21-55(45)59)57-33-29-47-32-36-62-58(34-30-48-31-35-61(57)67(47)68(48)62)54-38-52-28-26-50(44-15-5-2-6-16-44)40-64(52)66(42-54)60-24-12-20-46-18-8-10-22-56(46)60/h1-42H. The number of benzene rings is 14. The fraction of sp³-hybridized carbons (Fsp3) is 0. The van der Waals surface area contributed by atoms with Gasteiger partial charge >= 0.3 is 0 Å². The van der Waals surface area contributed by atoms with Crippen LogP contribution >= 0.6 is 0 Å². The van der Waals surface area contributed by atoms with Crippen molar-refractivity contribution in [3.63, 3.8) is 0 Å². The summed E-state index contributed by atoms with van der Waals surface area (Å²) in [5.74, 6) is 0. The molecule has 0 N–H and O–H groups in total. The fourth-order valence-electron chi connectivity index (χ4n) is 11.3. The van der Waals surface area contributed by atoms with E-state index in [2.05, 4.69) is 255 Å². The summed E-state index contributed by atoms with van der Waals surface area (Å²) in [7, 11) is 0. The van der Waals surface area contributed by atoms with Crippen molar-refractivity contribution in [2.24, 2.45) is 0 Å². The Kier molecular flexibility index (Phi) is 8.69.